The predicted octanol–water partition coefficient (Wildman–Crippen LogP) is 4.04. The van der Waals surface area contributed by atoms with Gasteiger partial charge in [-0.05, 0) is 25.6 Å². The first-order valence-corrected chi connectivity index (χ1v) is 8.40. The van der Waals surface area contributed by atoms with E-state index in [1.54, 1.807) is 11.3 Å². The standard InChI is InChI=1S/C17H25N3S/c1-6-18-14(13-9-7-8-12(2)19-13)10-16-20-15(11-21-16)17(3,4)5/h7-9,11,14,18H,6,10H2,1-5H3. The van der Waals surface area contributed by atoms with E-state index in [-0.39, 0.29) is 11.5 Å². The smallest absolute Gasteiger partial charge is 0.0948 e. The highest BCUT2D eigenvalue weighted by atomic mass is 32.1. The summed E-state index contributed by atoms with van der Waals surface area (Å²) in [5.41, 5.74) is 3.45. The Hall–Kier alpha value is -1.26. The molecule has 0 aliphatic carbocycles. The first kappa shape index (κ1) is 16.1. The van der Waals surface area contributed by atoms with Crippen LogP contribution in [0.15, 0.2) is 23.6 Å². The number of aromatic nitrogens is 2. The number of hydrogen-bond acceptors (Lipinski definition) is 4. The summed E-state index contributed by atoms with van der Waals surface area (Å²) in [4.78, 5) is 9.46. The molecule has 1 atom stereocenters. The molecule has 0 spiro atoms. The first-order valence-electron chi connectivity index (χ1n) is 7.52. The lowest BCUT2D eigenvalue weighted by molar-refractivity contribution is 0.528. The molecule has 0 aromatic carbocycles. The maximum Gasteiger partial charge on any atom is 0.0948 e. The van der Waals surface area contributed by atoms with Gasteiger partial charge in [0.05, 0.1) is 22.4 Å². The molecule has 0 saturated carbocycles. The van der Waals surface area contributed by atoms with Crippen molar-refractivity contribution in [2.24, 2.45) is 0 Å². The van der Waals surface area contributed by atoms with Crippen molar-refractivity contribution in [3.63, 3.8) is 0 Å². The van der Waals surface area contributed by atoms with Gasteiger partial charge in [0.25, 0.3) is 0 Å². The van der Waals surface area contributed by atoms with E-state index in [0.29, 0.717) is 0 Å². The second kappa shape index (κ2) is 6.67. The lowest BCUT2D eigenvalue weighted by Crippen LogP contribution is -2.24. The zero-order chi connectivity index (χ0) is 15.5. The molecule has 0 radical (unpaired) electrons. The summed E-state index contributed by atoms with van der Waals surface area (Å²) in [7, 11) is 0. The zero-order valence-electron chi connectivity index (χ0n) is 13.6. The molecule has 2 aromatic rings. The minimum Gasteiger partial charge on any atom is -0.309 e. The van der Waals surface area contributed by atoms with Gasteiger partial charge in [-0.15, -0.1) is 11.3 Å². The van der Waals surface area contributed by atoms with Gasteiger partial charge in [0.1, 0.15) is 0 Å². The van der Waals surface area contributed by atoms with Gasteiger partial charge in [0, 0.05) is 22.9 Å². The maximum atomic E-state index is 4.80. The lowest BCUT2D eigenvalue weighted by Gasteiger charge is -2.17. The van der Waals surface area contributed by atoms with Crippen molar-refractivity contribution < 1.29 is 0 Å². The fourth-order valence-electron chi connectivity index (χ4n) is 2.21. The number of aryl methyl sites for hydroxylation is 1. The van der Waals surface area contributed by atoms with E-state index in [1.165, 1.54) is 10.7 Å². The SMILES string of the molecule is CCNC(Cc1nc(C(C)(C)C)cs1)c1cccc(C)n1. The van der Waals surface area contributed by atoms with Crippen LogP contribution in [-0.4, -0.2) is 16.5 Å². The van der Waals surface area contributed by atoms with Crippen molar-refractivity contribution in [3.8, 4) is 0 Å². The Labute approximate surface area is 131 Å². The quantitative estimate of drug-likeness (QED) is 0.906. The number of nitrogens with one attached hydrogen (secondary N) is 1. The van der Waals surface area contributed by atoms with Crippen LogP contribution in [0.5, 0.6) is 0 Å². The largest absolute Gasteiger partial charge is 0.309 e. The molecule has 2 aromatic heterocycles. The second-order valence-corrected chi connectivity index (χ2v) is 7.34. The van der Waals surface area contributed by atoms with Gasteiger partial charge in [0.2, 0.25) is 0 Å². The summed E-state index contributed by atoms with van der Waals surface area (Å²) in [5.74, 6) is 0. The summed E-state index contributed by atoms with van der Waals surface area (Å²) < 4.78 is 0. The summed E-state index contributed by atoms with van der Waals surface area (Å²) in [5, 5.41) is 6.88. The third-order valence-corrected chi connectivity index (χ3v) is 4.29. The normalized spacial score (nSPS) is 13.4. The first-order chi connectivity index (χ1) is 9.90. The van der Waals surface area contributed by atoms with Crippen LogP contribution in [0.2, 0.25) is 0 Å². The Morgan fingerprint density at radius 3 is 2.57 bits per heavy atom. The maximum absolute atomic E-state index is 4.80. The van der Waals surface area contributed by atoms with Crippen LogP contribution in [0.1, 0.15) is 55.8 Å². The summed E-state index contributed by atoms with van der Waals surface area (Å²) in [6, 6.07) is 6.44. The molecular weight excluding hydrogens is 278 g/mol. The fourth-order valence-corrected chi connectivity index (χ4v) is 3.28. The highest BCUT2D eigenvalue weighted by molar-refractivity contribution is 7.09. The van der Waals surface area contributed by atoms with E-state index in [0.717, 1.165) is 24.4 Å². The molecule has 114 valence electrons. The van der Waals surface area contributed by atoms with Gasteiger partial charge >= 0.3 is 0 Å². The van der Waals surface area contributed by atoms with E-state index < -0.39 is 0 Å². The summed E-state index contributed by atoms with van der Waals surface area (Å²) >= 11 is 1.75. The Balaban J connectivity index is 2.18. The van der Waals surface area contributed by atoms with E-state index in [1.807, 2.05) is 13.0 Å². The molecule has 0 aliphatic rings. The van der Waals surface area contributed by atoms with Crippen LogP contribution in [0.4, 0.5) is 0 Å². The number of rotatable bonds is 5. The zero-order valence-corrected chi connectivity index (χ0v) is 14.4. The molecule has 1 N–H and O–H groups in total. The molecule has 2 rings (SSSR count). The number of thiazole rings is 1. The van der Waals surface area contributed by atoms with E-state index >= 15 is 0 Å². The Morgan fingerprint density at radius 1 is 1.24 bits per heavy atom. The average molecular weight is 303 g/mol. The van der Waals surface area contributed by atoms with E-state index in [4.69, 9.17) is 4.98 Å². The Bertz CT molecular complexity index is 584. The van der Waals surface area contributed by atoms with Crippen molar-refractivity contribution in [2.75, 3.05) is 6.54 Å². The molecule has 0 aliphatic heterocycles. The van der Waals surface area contributed by atoms with Crippen LogP contribution >= 0.6 is 11.3 Å². The Kier molecular flexibility index (Phi) is 5.12. The van der Waals surface area contributed by atoms with Gasteiger partial charge < -0.3 is 5.32 Å². The van der Waals surface area contributed by atoms with Gasteiger partial charge in [0.15, 0.2) is 0 Å². The minimum absolute atomic E-state index is 0.115. The van der Waals surface area contributed by atoms with Crippen LogP contribution in [0, 0.1) is 6.92 Å². The van der Waals surface area contributed by atoms with Crippen molar-refractivity contribution in [2.45, 2.75) is 52.5 Å². The average Bonchev–Trinajstić information content (AvgIpc) is 2.87. The molecule has 4 heteroatoms. The second-order valence-electron chi connectivity index (χ2n) is 6.39. The highest BCUT2D eigenvalue weighted by Crippen LogP contribution is 2.26. The molecule has 0 bridgehead atoms. The van der Waals surface area contributed by atoms with Crippen LogP contribution < -0.4 is 5.32 Å². The third kappa shape index (κ3) is 4.35. The lowest BCUT2D eigenvalue weighted by atomic mass is 9.93. The van der Waals surface area contributed by atoms with Gasteiger partial charge in [-0.25, -0.2) is 4.98 Å². The predicted molar refractivity (Wildman–Crippen MR) is 89.9 cm³/mol. The highest BCUT2D eigenvalue weighted by Gasteiger charge is 2.20. The fraction of sp³-hybridized carbons (Fsp3) is 0.529. The molecule has 1 unspecified atom stereocenters. The monoisotopic (exact) mass is 303 g/mol. The van der Waals surface area contributed by atoms with Crippen LogP contribution in [0.3, 0.4) is 0 Å². The number of pyridine rings is 1. The topological polar surface area (TPSA) is 37.8 Å². The van der Waals surface area contributed by atoms with Crippen molar-refractivity contribution in [1.29, 1.82) is 0 Å². The number of hydrogen-bond donors (Lipinski definition) is 1. The van der Waals surface area contributed by atoms with Crippen molar-refractivity contribution in [3.05, 3.63) is 45.7 Å². The minimum atomic E-state index is 0.115. The number of likely N-dealkylation sites (N-methyl/N-ethyl adjacent to an activating group) is 1. The molecule has 21 heavy (non-hydrogen) atoms. The van der Waals surface area contributed by atoms with E-state index in [9.17, 15) is 0 Å². The van der Waals surface area contributed by atoms with E-state index in [2.05, 4.69) is 55.5 Å². The van der Waals surface area contributed by atoms with Crippen LogP contribution in [0.25, 0.3) is 0 Å². The summed E-state index contributed by atoms with van der Waals surface area (Å²) in [6.07, 6.45) is 0.894. The van der Waals surface area contributed by atoms with Crippen LogP contribution in [-0.2, 0) is 11.8 Å². The summed E-state index contributed by atoms with van der Waals surface area (Å²) in [6.45, 7) is 11.7. The third-order valence-electron chi connectivity index (χ3n) is 3.42. The molecule has 3 nitrogen and oxygen atoms in total. The van der Waals surface area contributed by atoms with Gasteiger partial charge in [-0.3, -0.25) is 4.98 Å². The molecular formula is C17H25N3S. The molecule has 0 fully saturated rings. The molecule has 0 saturated heterocycles. The molecule has 2 heterocycles. The van der Waals surface area contributed by atoms with Crippen molar-refractivity contribution in [1.82, 2.24) is 15.3 Å². The number of nitrogens with zero attached hydrogens (tertiary/aromatic N) is 2. The Morgan fingerprint density at radius 2 is 2.00 bits per heavy atom. The van der Waals surface area contributed by atoms with Crippen molar-refractivity contribution >= 4 is 11.3 Å². The van der Waals surface area contributed by atoms with Gasteiger partial charge in [-0.2, -0.15) is 0 Å². The van der Waals surface area contributed by atoms with Gasteiger partial charge in [-0.1, -0.05) is 33.8 Å². The molecule has 0 amide bonds.